The third-order valence-corrected chi connectivity index (χ3v) is 4.94. The van der Waals surface area contributed by atoms with E-state index in [4.69, 9.17) is 0 Å². The smallest absolute Gasteiger partial charge is 0.123 e. The minimum Gasteiger partial charge on any atom is -0.394 e. The molecule has 0 aliphatic rings. The third kappa shape index (κ3) is 3.30. The molecule has 0 radical (unpaired) electrons. The van der Waals surface area contributed by atoms with Gasteiger partial charge < -0.3 is 14.8 Å². The van der Waals surface area contributed by atoms with Crippen molar-refractivity contribution >= 4 is 10.9 Å². The van der Waals surface area contributed by atoms with Gasteiger partial charge in [-0.15, -0.1) is 0 Å². The summed E-state index contributed by atoms with van der Waals surface area (Å²) in [6.07, 6.45) is 0.727. The normalized spacial score (nSPS) is 13.6. The molecule has 5 heteroatoms. The molecule has 0 saturated carbocycles. The van der Waals surface area contributed by atoms with Crippen molar-refractivity contribution in [1.82, 2.24) is 4.57 Å². The van der Waals surface area contributed by atoms with Crippen LogP contribution in [0.4, 0.5) is 8.78 Å². The highest BCUT2D eigenvalue weighted by molar-refractivity contribution is 5.96. The lowest BCUT2D eigenvalue weighted by Gasteiger charge is -2.25. The molecule has 0 bridgehead atoms. The fourth-order valence-electron chi connectivity index (χ4n) is 3.65. The highest BCUT2D eigenvalue weighted by atomic mass is 19.1. The van der Waals surface area contributed by atoms with E-state index >= 15 is 0 Å². The van der Waals surface area contributed by atoms with Crippen molar-refractivity contribution in [1.29, 1.82) is 0 Å². The van der Waals surface area contributed by atoms with Crippen molar-refractivity contribution in [2.45, 2.75) is 12.1 Å². The molecule has 3 nitrogen and oxygen atoms in total. The van der Waals surface area contributed by atoms with Gasteiger partial charge in [-0.1, -0.05) is 42.5 Å². The molecule has 2 atom stereocenters. The van der Waals surface area contributed by atoms with Gasteiger partial charge in [0, 0.05) is 22.7 Å². The lowest BCUT2D eigenvalue weighted by Crippen LogP contribution is -2.28. The molecule has 2 N–H and O–H groups in total. The number of aliphatic hydroxyl groups excluding tert-OH is 2. The maximum absolute atomic E-state index is 13.8. The first-order chi connectivity index (χ1) is 13.6. The van der Waals surface area contributed by atoms with Gasteiger partial charge in [0.05, 0.1) is 12.6 Å². The van der Waals surface area contributed by atoms with Crippen LogP contribution in [0.25, 0.3) is 22.0 Å². The molecule has 0 aliphatic carbocycles. The number of aliphatic hydroxyl groups is 2. The topological polar surface area (TPSA) is 45.4 Å². The fourth-order valence-corrected chi connectivity index (χ4v) is 3.65. The lowest BCUT2D eigenvalue weighted by molar-refractivity contribution is 0.0653. The SMILES string of the molecule is OC[C@@H](O)[C@H](c1cccc(F)c1)n1cc(-c2ccc(F)cc2)c2ccccc21. The van der Waals surface area contributed by atoms with Crippen LogP contribution in [0.2, 0.25) is 0 Å². The predicted molar refractivity (Wildman–Crippen MR) is 105 cm³/mol. The minimum atomic E-state index is -1.13. The van der Waals surface area contributed by atoms with Crippen LogP contribution in [-0.4, -0.2) is 27.5 Å². The molecular formula is C23H19F2NO2. The van der Waals surface area contributed by atoms with Crippen molar-refractivity contribution in [2.24, 2.45) is 0 Å². The molecule has 4 rings (SSSR count). The highest BCUT2D eigenvalue weighted by Gasteiger charge is 2.25. The van der Waals surface area contributed by atoms with Gasteiger partial charge in [-0.2, -0.15) is 0 Å². The number of nitrogens with zero attached hydrogens (tertiary/aromatic N) is 1. The van der Waals surface area contributed by atoms with E-state index in [-0.39, 0.29) is 5.82 Å². The average molecular weight is 379 g/mol. The summed E-state index contributed by atoms with van der Waals surface area (Å²) in [5.41, 5.74) is 3.06. The van der Waals surface area contributed by atoms with E-state index in [0.717, 1.165) is 22.0 Å². The molecule has 0 saturated heterocycles. The minimum absolute atomic E-state index is 0.319. The molecule has 0 aliphatic heterocycles. The van der Waals surface area contributed by atoms with Crippen LogP contribution in [0.3, 0.4) is 0 Å². The van der Waals surface area contributed by atoms with E-state index in [1.807, 2.05) is 35.0 Å². The summed E-state index contributed by atoms with van der Waals surface area (Å²) >= 11 is 0. The second kappa shape index (κ2) is 7.54. The van der Waals surface area contributed by atoms with Crippen molar-refractivity contribution < 1.29 is 19.0 Å². The quantitative estimate of drug-likeness (QED) is 0.535. The summed E-state index contributed by atoms with van der Waals surface area (Å²) in [7, 11) is 0. The molecule has 28 heavy (non-hydrogen) atoms. The van der Waals surface area contributed by atoms with Crippen molar-refractivity contribution in [3.63, 3.8) is 0 Å². The maximum atomic E-state index is 13.8. The van der Waals surface area contributed by atoms with Crippen LogP contribution in [0.5, 0.6) is 0 Å². The first-order valence-electron chi connectivity index (χ1n) is 8.98. The van der Waals surface area contributed by atoms with Crippen molar-refractivity contribution in [2.75, 3.05) is 6.61 Å². The standard InChI is InChI=1S/C23H19F2NO2/c24-17-10-8-15(9-11-17)20-13-26(21-7-2-1-6-19(20)21)23(22(28)14-27)16-4-3-5-18(25)12-16/h1-13,22-23,27-28H,14H2/t22-,23+/m1/s1. The first-order valence-corrected chi connectivity index (χ1v) is 8.98. The Morgan fingerprint density at radius 1 is 0.857 bits per heavy atom. The number of aromatic nitrogens is 1. The summed E-state index contributed by atoms with van der Waals surface area (Å²) in [4.78, 5) is 0. The molecule has 0 spiro atoms. The Labute approximate surface area is 161 Å². The molecule has 0 unspecified atom stereocenters. The molecule has 1 heterocycles. The number of hydrogen-bond acceptors (Lipinski definition) is 2. The Morgan fingerprint density at radius 2 is 1.61 bits per heavy atom. The first kappa shape index (κ1) is 18.3. The van der Waals surface area contributed by atoms with Gasteiger partial charge in [0.25, 0.3) is 0 Å². The van der Waals surface area contributed by atoms with Crippen LogP contribution in [0.15, 0.2) is 79.0 Å². The van der Waals surface area contributed by atoms with Crippen LogP contribution in [0, 0.1) is 11.6 Å². The number of para-hydroxylation sites is 1. The number of hydrogen-bond donors (Lipinski definition) is 2. The zero-order valence-electron chi connectivity index (χ0n) is 15.0. The Balaban J connectivity index is 1.94. The van der Waals surface area contributed by atoms with E-state index in [1.165, 1.54) is 24.3 Å². The van der Waals surface area contributed by atoms with E-state index in [0.29, 0.717) is 5.56 Å². The van der Waals surface area contributed by atoms with Gasteiger partial charge in [-0.3, -0.25) is 0 Å². The number of halogens is 2. The van der Waals surface area contributed by atoms with Gasteiger partial charge in [0.1, 0.15) is 17.7 Å². The number of benzene rings is 3. The monoisotopic (exact) mass is 379 g/mol. The number of fused-ring (bicyclic) bond motifs is 1. The largest absolute Gasteiger partial charge is 0.394 e. The van der Waals surface area contributed by atoms with Crippen LogP contribution < -0.4 is 0 Å². The van der Waals surface area contributed by atoms with Crippen LogP contribution in [0.1, 0.15) is 11.6 Å². The summed E-state index contributed by atoms with van der Waals surface area (Å²) in [5.74, 6) is -0.733. The Bertz CT molecular complexity index is 1110. The van der Waals surface area contributed by atoms with Gasteiger partial charge in [-0.25, -0.2) is 8.78 Å². The van der Waals surface area contributed by atoms with Gasteiger partial charge in [-0.05, 0) is 41.5 Å². The molecule has 1 aromatic heterocycles. The van der Waals surface area contributed by atoms with Crippen molar-refractivity contribution in [3.8, 4) is 11.1 Å². The second-order valence-corrected chi connectivity index (χ2v) is 6.72. The van der Waals surface area contributed by atoms with Crippen molar-refractivity contribution in [3.05, 3.63) is 96.2 Å². The summed E-state index contributed by atoms with van der Waals surface area (Å²) in [6, 6.07) is 19.1. The zero-order chi connectivity index (χ0) is 19.7. The average Bonchev–Trinajstić information content (AvgIpc) is 3.08. The summed E-state index contributed by atoms with van der Waals surface area (Å²) in [5, 5.41) is 21.1. The lowest BCUT2D eigenvalue weighted by atomic mass is 10.0. The van der Waals surface area contributed by atoms with Gasteiger partial charge in [0.2, 0.25) is 0 Å². The zero-order valence-corrected chi connectivity index (χ0v) is 15.0. The van der Waals surface area contributed by atoms with E-state index in [2.05, 4.69) is 0 Å². The predicted octanol–water partition coefficient (Wildman–Crippen LogP) is 4.53. The molecule has 3 aromatic carbocycles. The summed E-state index contributed by atoms with van der Waals surface area (Å²) in [6.45, 7) is -0.473. The second-order valence-electron chi connectivity index (χ2n) is 6.72. The third-order valence-electron chi connectivity index (χ3n) is 4.94. The van der Waals surface area contributed by atoms with E-state index in [1.54, 1.807) is 24.3 Å². The Kier molecular flexibility index (Phi) is 4.94. The molecular weight excluding hydrogens is 360 g/mol. The molecule has 0 amide bonds. The molecule has 142 valence electrons. The van der Waals surface area contributed by atoms with Crippen LogP contribution >= 0.6 is 0 Å². The summed E-state index contributed by atoms with van der Waals surface area (Å²) < 4.78 is 29.0. The molecule has 4 aromatic rings. The Morgan fingerprint density at radius 3 is 2.32 bits per heavy atom. The Hall–Kier alpha value is -3.02. The number of rotatable bonds is 5. The highest BCUT2D eigenvalue weighted by Crippen LogP contribution is 2.35. The fraction of sp³-hybridized carbons (Fsp3) is 0.130. The van der Waals surface area contributed by atoms with Gasteiger partial charge in [0.15, 0.2) is 0 Å². The van der Waals surface area contributed by atoms with Crippen LogP contribution in [-0.2, 0) is 0 Å². The maximum Gasteiger partial charge on any atom is 0.123 e. The molecule has 0 fully saturated rings. The van der Waals surface area contributed by atoms with Gasteiger partial charge >= 0.3 is 0 Å². The van der Waals surface area contributed by atoms with E-state index < -0.39 is 24.6 Å². The van der Waals surface area contributed by atoms with E-state index in [9.17, 15) is 19.0 Å².